The second-order valence-electron chi connectivity index (χ2n) is 5.33. The van der Waals surface area contributed by atoms with E-state index in [-0.39, 0.29) is 6.61 Å². The SMILES string of the molecule is C[C@@H]1CN(CCCCO)C[C@@]1(O)C1CC1. The zero-order valence-electron chi connectivity index (χ0n) is 9.65. The molecule has 15 heavy (non-hydrogen) atoms. The number of unbranched alkanes of at least 4 members (excludes halogenated alkanes) is 1. The third-order valence-corrected chi connectivity index (χ3v) is 4.03. The van der Waals surface area contributed by atoms with Crippen LogP contribution < -0.4 is 0 Å². The molecule has 3 heteroatoms. The number of nitrogens with zero attached hydrogens (tertiary/aromatic N) is 1. The first kappa shape index (κ1) is 11.4. The molecule has 0 spiro atoms. The molecule has 1 saturated carbocycles. The molecule has 0 aromatic carbocycles. The Morgan fingerprint density at radius 3 is 2.67 bits per heavy atom. The number of rotatable bonds is 5. The van der Waals surface area contributed by atoms with Gasteiger partial charge in [-0.3, -0.25) is 0 Å². The lowest BCUT2D eigenvalue weighted by atomic mass is 9.88. The molecule has 2 fully saturated rings. The normalized spacial score (nSPS) is 37.4. The predicted octanol–water partition coefficient (Wildman–Crippen LogP) is 0.852. The van der Waals surface area contributed by atoms with Crippen LogP contribution in [-0.4, -0.2) is 47.0 Å². The van der Waals surface area contributed by atoms with Gasteiger partial charge in [-0.05, 0) is 44.1 Å². The average molecular weight is 213 g/mol. The third-order valence-electron chi connectivity index (χ3n) is 4.03. The minimum Gasteiger partial charge on any atom is -0.396 e. The van der Waals surface area contributed by atoms with E-state index < -0.39 is 5.60 Å². The maximum Gasteiger partial charge on any atom is 0.0839 e. The van der Waals surface area contributed by atoms with Crippen molar-refractivity contribution >= 4 is 0 Å². The highest BCUT2D eigenvalue weighted by molar-refractivity contribution is 5.04. The maximum absolute atomic E-state index is 10.5. The summed E-state index contributed by atoms with van der Waals surface area (Å²) < 4.78 is 0. The molecular weight excluding hydrogens is 190 g/mol. The van der Waals surface area contributed by atoms with Crippen LogP contribution in [0.2, 0.25) is 0 Å². The monoisotopic (exact) mass is 213 g/mol. The highest BCUT2D eigenvalue weighted by Gasteiger charge is 2.51. The standard InChI is InChI=1S/C12H23NO2/c1-10-8-13(6-2-3-7-14)9-12(10,15)11-4-5-11/h10-11,14-15H,2-9H2,1H3/t10-,12+/m1/s1. The Bertz CT molecular complexity index is 218. The summed E-state index contributed by atoms with van der Waals surface area (Å²) in [6.45, 7) is 5.36. The lowest BCUT2D eigenvalue weighted by Gasteiger charge is -2.26. The Kier molecular flexibility index (Phi) is 3.33. The molecule has 88 valence electrons. The van der Waals surface area contributed by atoms with Gasteiger partial charge in [0.2, 0.25) is 0 Å². The van der Waals surface area contributed by atoms with Crippen molar-refractivity contribution in [1.29, 1.82) is 0 Å². The number of hydrogen-bond acceptors (Lipinski definition) is 3. The molecule has 0 amide bonds. The summed E-state index contributed by atoms with van der Waals surface area (Å²) >= 11 is 0. The number of likely N-dealkylation sites (tertiary alicyclic amines) is 1. The van der Waals surface area contributed by atoms with E-state index in [2.05, 4.69) is 11.8 Å². The van der Waals surface area contributed by atoms with Crippen LogP contribution in [0.5, 0.6) is 0 Å². The largest absolute Gasteiger partial charge is 0.396 e. The Balaban J connectivity index is 1.81. The fourth-order valence-electron chi connectivity index (χ4n) is 2.86. The molecule has 1 aliphatic carbocycles. The first-order chi connectivity index (χ1) is 7.16. The van der Waals surface area contributed by atoms with Gasteiger partial charge in [0, 0.05) is 19.7 Å². The minimum absolute atomic E-state index is 0.288. The van der Waals surface area contributed by atoms with Crippen LogP contribution in [0.15, 0.2) is 0 Å². The molecule has 2 atom stereocenters. The van der Waals surface area contributed by atoms with Crippen molar-refractivity contribution in [3.63, 3.8) is 0 Å². The summed E-state index contributed by atoms with van der Waals surface area (Å²) in [5.74, 6) is 0.981. The number of hydrogen-bond donors (Lipinski definition) is 2. The Hall–Kier alpha value is -0.120. The van der Waals surface area contributed by atoms with Crippen molar-refractivity contribution in [3.05, 3.63) is 0 Å². The van der Waals surface area contributed by atoms with E-state index in [1.807, 2.05) is 0 Å². The van der Waals surface area contributed by atoms with Crippen molar-refractivity contribution < 1.29 is 10.2 Å². The number of β-amino-alcohol motifs (C(OH)–C–C–N with tert-alkyl or cyclic N) is 1. The molecule has 0 aromatic heterocycles. The van der Waals surface area contributed by atoms with Gasteiger partial charge in [0.05, 0.1) is 5.60 Å². The van der Waals surface area contributed by atoms with Gasteiger partial charge in [-0.1, -0.05) is 6.92 Å². The van der Waals surface area contributed by atoms with Crippen LogP contribution in [0.1, 0.15) is 32.6 Å². The van der Waals surface area contributed by atoms with E-state index in [0.29, 0.717) is 11.8 Å². The quantitative estimate of drug-likeness (QED) is 0.666. The van der Waals surface area contributed by atoms with Gasteiger partial charge in [-0.2, -0.15) is 0 Å². The molecule has 2 aliphatic rings. The van der Waals surface area contributed by atoms with Crippen molar-refractivity contribution in [2.75, 3.05) is 26.2 Å². The van der Waals surface area contributed by atoms with Crippen LogP contribution in [0.25, 0.3) is 0 Å². The van der Waals surface area contributed by atoms with Gasteiger partial charge in [-0.25, -0.2) is 0 Å². The highest BCUT2D eigenvalue weighted by atomic mass is 16.3. The zero-order chi connectivity index (χ0) is 10.9. The smallest absolute Gasteiger partial charge is 0.0839 e. The summed E-state index contributed by atoms with van der Waals surface area (Å²) in [5.41, 5.74) is -0.404. The zero-order valence-corrected chi connectivity index (χ0v) is 9.65. The fraction of sp³-hybridized carbons (Fsp3) is 1.00. The molecule has 0 unspecified atom stereocenters. The van der Waals surface area contributed by atoms with Crippen LogP contribution >= 0.6 is 0 Å². The second-order valence-corrected chi connectivity index (χ2v) is 5.33. The van der Waals surface area contributed by atoms with E-state index in [9.17, 15) is 5.11 Å². The van der Waals surface area contributed by atoms with Gasteiger partial charge in [0.25, 0.3) is 0 Å². The van der Waals surface area contributed by atoms with Crippen molar-refractivity contribution in [1.82, 2.24) is 4.90 Å². The Labute approximate surface area is 92.1 Å². The summed E-state index contributed by atoms with van der Waals surface area (Å²) in [6, 6.07) is 0. The average Bonchev–Trinajstić information content (AvgIpc) is 2.97. The summed E-state index contributed by atoms with van der Waals surface area (Å²) in [7, 11) is 0. The van der Waals surface area contributed by atoms with Crippen LogP contribution in [0, 0.1) is 11.8 Å². The fourth-order valence-corrected chi connectivity index (χ4v) is 2.86. The van der Waals surface area contributed by atoms with Crippen molar-refractivity contribution in [3.8, 4) is 0 Å². The van der Waals surface area contributed by atoms with Crippen LogP contribution in [-0.2, 0) is 0 Å². The summed E-state index contributed by atoms with van der Waals surface area (Å²) in [6.07, 6.45) is 4.35. The third kappa shape index (κ3) is 2.35. The molecule has 2 N–H and O–H groups in total. The minimum atomic E-state index is -0.404. The Morgan fingerprint density at radius 1 is 1.33 bits per heavy atom. The molecule has 1 heterocycles. The van der Waals surface area contributed by atoms with Crippen molar-refractivity contribution in [2.24, 2.45) is 11.8 Å². The van der Waals surface area contributed by atoms with Crippen LogP contribution in [0.4, 0.5) is 0 Å². The Morgan fingerprint density at radius 2 is 2.07 bits per heavy atom. The highest BCUT2D eigenvalue weighted by Crippen LogP contribution is 2.46. The van der Waals surface area contributed by atoms with Crippen LogP contribution in [0.3, 0.4) is 0 Å². The first-order valence-corrected chi connectivity index (χ1v) is 6.22. The number of aliphatic hydroxyl groups excluding tert-OH is 1. The number of aliphatic hydroxyl groups is 2. The van der Waals surface area contributed by atoms with E-state index in [1.54, 1.807) is 0 Å². The summed E-state index contributed by atoms with van der Waals surface area (Å²) in [5, 5.41) is 19.3. The molecule has 3 nitrogen and oxygen atoms in total. The molecule has 2 rings (SSSR count). The van der Waals surface area contributed by atoms with Gasteiger partial charge in [-0.15, -0.1) is 0 Å². The second kappa shape index (κ2) is 4.40. The first-order valence-electron chi connectivity index (χ1n) is 6.22. The van der Waals surface area contributed by atoms with E-state index >= 15 is 0 Å². The molecular formula is C12H23NO2. The molecule has 1 aliphatic heterocycles. The lowest BCUT2D eigenvalue weighted by molar-refractivity contribution is -0.00413. The molecule has 0 aromatic rings. The van der Waals surface area contributed by atoms with Gasteiger partial charge >= 0.3 is 0 Å². The van der Waals surface area contributed by atoms with Gasteiger partial charge in [0.1, 0.15) is 0 Å². The van der Waals surface area contributed by atoms with Gasteiger partial charge in [0.15, 0.2) is 0 Å². The predicted molar refractivity (Wildman–Crippen MR) is 59.6 cm³/mol. The maximum atomic E-state index is 10.5. The molecule has 1 saturated heterocycles. The van der Waals surface area contributed by atoms with Gasteiger partial charge < -0.3 is 15.1 Å². The summed E-state index contributed by atoms with van der Waals surface area (Å²) in [4.78, 5) is 2.36. The molecule has 0 bridgehead atoms. The van der Waals surface area contributed by atoms with E-state index in [4.69, 9.17) is 5.11 Å². The molecule has 0 radical (unpaired) electrons. The van der Waals surface area contributed by atoms with E-state index in [0.717, 1.165) is 32.5 Å². The van der Waals surface area contributed by atoms with E-state index in [1.165, 1.54) is 12.8 Å². The topological polar surface area (TPSA) is 43.7 Å². The van der Waals surface area contributed by atoms with Crippen molar-refractivity contribution in [2.45, 2.75) is 38.2 Å². The lowest BCUT2D eigenvalue weighted by Crippen LogP contribution is -2.39.